The van der Waals surface area contributed by atoms with Crippen LogP contribution in [0.1, 0.15) is 91.4 Å². The maximum Gasteiger partial charge on any atom is 0.186 e. The highest BCUT2D eigenvalue weighted by Crippen LogP contribution is 2.28. The summed E-state index contributed by atoms with van der Waals surface area (Å²) < 4.78 is 5.27. The molecule has 1 N–H and O–H groups in total. The second-order valence-corrected chi connectivity index (χ2v) is 9.18. The van der Waals surface area contributed by atoms with Crippen LogP contribution < -0.4 is 0 Å². The number of rotatable bonds is 19. The Labute approximate surface area is 196 Å². The average Bonchev–Trinajstić information content (AvgIpc) is 3.13. The summed E-state index contributed by atoms with van der Waals surface area (Å²) in [6, 6.07) is 0. The van der Waals surface area contributed by atoms with Crippen molar-refractivity contribution in [2.75, 3.05) is 13.2 Å². The molecule has 0 saturated heterocycles. The normalized spacial score (nSPS) is 20.6. The van der Waals surface area contributed by atoms with E-state index in [9.17, 15) is 14.7 Å². The largest absolute Gasteiger partial charge is 0.385 e. The minimum atomic E-state index is -0.977. The molecule has 0 aliphatic heterocycles. The Balaban J connectivity index is 2.30. The van der Waals surface area contributed by atoms with Crippen molar-refractivity contribution in [2.24, 2.45) is 17.8 Å². The van der Waals surface area contributed by atoms with E-state index >= 15 is 0 Å². The first-order chi connectivity index (χ1) is 15.5. The molecule has 4 atom stereocenters. The number of unbranched alkanes of at least 4 members (excludes halogenated alkanes) is 5. The Bertz CT molecular complexity index is 605. The number of ketones is 2. The van der Waals surface area contributed by atoms with Gasteiger partial charge in [-0.05, 0) is 44.1 Å². The predicted octanol–water partition coefficient (Wildman–Crippen LogP) is 6.38. The van der Waals surface area contributed by atoms with Crippen LogP contribution in [0.2, 0.25) is 0 Å². The first-order valence-electron chi connectivity index (χ1n) is 12.8. The Morgan fingerprint density at radius 3 is 2.59 bits per heavy atom. The fraction of sp³-hybridized carbons (Fsp3) is 0.714. The lowest BCUT2D eigenvalue weighted by atomic mass is 9.89. The maximum absolute atomic E-state index is 12.3. The molecule has 0 heterocycles. The van der Waals surface area contributed by atoms with Gasteiger partial charge in [-0.15, -0.1) is 0 Å². The Hall–Kier alpha value is -1.52. The minimum Gasteiger partial charge on any atom is -0.385 e. The highest BCUT2D eigenvalue weighted by atomic mass is 16.5. The second kappa shape index (κ2) is 18.0. The van der Waals surface area contributed by atoms with Gasteiger partial charge in [-0.2, -0.15) is 0 Å². The molecule has 0 amide bonds. The molecule has 1 unspecified atom stereocenters. The molecule has 0 spiro atoms. The monoisotopic (exact) mass is 446 g/mol. The molecule has 0 bridgehead atoms. The van der Waals surface area contributed by atoms with Crippen molar-refractivity contribution in [1.29, 1.82) is 0 Å². The molecule has 0 saturated carbocycles. The van der Waals surface area contributed by atoms with Gasteiger partial charge in [0.05, 0.1) is 0 Å². The summed E-state index contributed by atoms with van der Waals surface area (Å²) in [4.78, 5) is 24.1. The van der Waals surface area contributed by atoms with Crippen molar-refractivity contribution in [3.63, 3.8) is 0 Å². The molecule has 0 fully saturated rings. The zero-order chi connectivity index (χ0) is 23.6. The fourth-order valence-corrected chi connectivity index (χ4v) is 3.90. The number of carbonyl (C=O) groups is 2. The highest BCUT2D eigenvalue weighted by Gasteiger charge is 2.27. The molecule has 4 nitrogen and oxygen atoms in total. The van der Waals surface area contributed by atoms with E-state index in [1.165, 1.54) is 38.5 Å². The van der Waals surface area contributed by atoms with Crippen LogP contribution in [0.15, 0.2) is 36.5 Å². The van der Waals surface area contributed by atoms with Gasteiger partial charge in [-0.3, -0.25) is 9.59 Å². The Morgan fingerprint density at radius 1 is 1.09 bits per heavy atom. The lowest BCUT2D eigenvalue weighted by Crippen LogP contribution is -2.24. The number of aliphatic hydroxyl groups excluding tert-OH is 1. The molecule has 0 radical (unpaired) electrons. The summed E-state index contributed by atoms with van der Waals surface area (Å²) in [5, 5.41) is 9.96. The van der Waals surface area contributed by atoms with Crippen molar-refractivity contribution in [3.05, 3.63) is 36.5 Å². The zero-order valence-corrected chi connectivity index (χ0v) is 20.6. The molecule has 0 aromatic rings. The van der Waals surface area contributed by atoms with Gasteiger partial charge in [-0.25, -0.2) is 0 Å². The van der Waals surface area contributed by atoms with Crippen molar-refractivity contribution in [3.8, 4) is 0 Å². The van der Waals surface area contributed by atoms with Gasteiger partial charge in [0, 0.05) is 18.4 Å². The first kappa shape index (κ1) is 28.5. The number of hydrogen-bond donors (Lipinski definition) is 1. The smallest absolute Gasteiger partial charge is 0.186 e. The molecular formula is C28H46O4. The van der Waals surface area contributed by atoms with Crippen LogP contribution in [0.25, 0.3) is 0 Å². The van der Waals surface area contributed by atoms with Crippen LogP contribution in [-0.4, -0.2) is 36.0 Å². The third-order valence-corrected chi connectivity index (χ3v) is 6.16. The number of hydrogen-bond acceptors (Lipinski definition) is 4. The number of allylic oxidation sites excluding steroid dienone is 6. The summed E-state index contributed by atoms with van der Waals surface area (Å²) in [6.07, 6.45) is 22.6. The lowest BCUT2D eigenvalue weighted by Gasteiger charge is -2.14. The predicted molar refractivity (Wildman–Crippen MR) is 133 cm³/mol. The Kier molecular flexibility index (Phi) is 16.0. The lowest BCUT2D eigenvalue weighted by molar-refractivity contribution is -0.132. The van der Waals surface area contributed by atoms with E-state index in [4.69, 9.17) is 4.74 Å². The molecule has 4 heteroatoms. The van der Waals surface area contributed by atoms with Crippen molar-refractivity contribution < 1.29 is 19.4 Å². The van der Waals surface area contributed by atoms with Gasteiger partial charge in [-0.1, -0.05) is 89.7 Å². The van der Waals surface area contributed by atoms with Gasteiger partial charge in [0.15, 0.2) is 11.6 Å². The summed E-state index contributed by atoms with van der Waals surface area (Å²) in [7, 11) is 0. The highest BCUT2D eigenvalue weighted by molar-refractivity contribution is 5.95. The number of carbonyl (C=O) groups excluding carboxylic acids is 2. The van der Waals surface area contributed by atoms with Crippen LogP contribution in [0.5, 0.6) is 0 Å². The molecule has 182 valence electrons. The van der Waals surface area contributed by atoms with Crippen LogP contribution in [0.4, 0.5) is 0 Å². The molecule has 0 aromatic heterocycles. The fourth-order valence-electron chi connectivity index (χ4n) is 3.90. The molecule has 1 rings (SSSR count). The van der Waals surface area contributed by atoms with E-state index in [1.807, 2.05) is 18.2 Å². The average molecular weight is 447 g/mol. The van der Waals surface area contributed by atoms with E-state index in [1.54, 1.807) is 6.08 Å². The molecule has 32 heavy (non-hydrogen) atoms. The molecule has 0 aromatic carbocycles. The van der Waals surface area contributed by atoms with Gasteiger partial charge in [0.2, 0.25) is 0 Å². The number of aliphatic hydroxyl groups is 1. The van der Waals surface area contributed by atoms with Gasteiger partial charge in [0.25, 0.3) is 0 Å². The topological polar surface area (TPSA) is 63.6 Å². The second-order valence-electron chi connectivity index (χ2n) is 9.18. The first-order valence-corrected chi connectivity index (χ1v) is 12.8. The van der Waals surface area contributed by atoms with E-state index in [0.717, 1.165) is 12.8 Å². The summed E-state index contributed by atoms with van der Waals surface area (Å²) in [5.74, 6) is 0.618. The van der Waals surface area contributed by atoms with Crippen LogP contribution >= 0.6 is 0 Å². The van der Waals surface area contributed by atoms with Gasteiger partial charge in [0.1, 0.15) is 12.7 Å². The Morgan fingerprint density at radius 2 is 1.84 bits per heavy atom. The summed E-state index contributed by atoms with van der Waals surface area (Å²) in [5.41, 5.74) is 0. The summed E-state index contributed by atoms with van der Waals surface area (Å²) in [6.45, 7) is 7.11. The third-order valence-electron chi connectivity index (χ3n) is 6.16. The molecular weight excluding hydrogens is 400 g/mol. The quantitative estimate of drug-likeness (QED) is 0.185. The standard InChI is InChI=1S/C28H46O4/c1-4-6-8-9-11-14-23(3)17-18-24-19-20-26(29)25(24)15-12-10-13-16-27(30)28(31)22-32-21-7-5-2/h10,12,17-20,23-25,27,30H,4-9,11,13-16,21-22H2,1-3H3/b12-10-,18-17+/t23-,24+,25-,27?/m1/s1. The van der Waals surface area contributed by atoms with Gasteiger partial charge >= 0.3 is 0 Å². The zero-order valence-electron chi connectivity index (χ0n) is 20.6. The van der Waals surface area contributed by atoms with Crippen molar-refractivity contribution in [1.82, 2.24) is 0 Å². The van der Waals surface area contributed by atoms with Crippen LogP contribution in [-0.2, 0) is 14.3 Å². The summed E-state index contributed by atoms with van der Waals surface area (Å²) >= 11 is 0. The molecule has 1 aliphatic carbocycles. The van der Waals surface area contributed by atoms with E-state index < -0.39 is 6.10 Å². The molecule has 1 aliphatic rings. The van der Waals surface area contributed by atoms with Crippen molar-refractivity contribution >= 4 is 11.6 Å². The SMILES string of the molecule is CCCCCCC[C@@H](C)/C=C/[C@H]1C=CC(=O)[C@@H]1C/C=C\CCC(O)C(=O)COCCCC. The van der Waals surface area contributed by atoms with Crippen LogP contribution in [0, 0.1) is 17.8 Å². The van der Waals surface area contributed by atoms with Gasteiger partial charge < -0.3 is 9.84 Å². The minimum absolute atomic E-state index is 0.0156. The number of Topliss-reactive ketones (excluding diaryl/α,β-unsaturated/α-hetero) is 1. The maximum atomic E-state index is 12.3. The van der Waals surface area contributed by atoms with E-state index in [2.05, 4.69) is 32.9 Å². The third kappa shape index (κ3) is 12.5. The van der Waals surface area contributed by atoms with E-state index in [-0.39, 0.29) is 30.0 Å². The number of ether oxygens (including phenoxy) is 1. The van der Waals surface area contributed by atoms with E-state index in [0.29, 0.717) is 31.8 Å². The van der Waals surface area contributed by atoms with Crippen molar-refractivity contribution in [2.45, 2.75) is 97.5 Å². The van der Waals surface area contributed by atoms with Crippen LogP contribution in [0.3, 0.4) is 0 Å².